The minimum Gasteiger partial charge on any atom is -0.368 e. The molecule has 1 aromatic heterocycles. The second-order valence-corrected chi connectivity index (χ2v) is 6.13. The van der Waals surface area contributed by atoms with E-state index in [1.54, 1.807) is 12.3 Å². The summed E-state index contributed by atoms with van der Waals surface area (Å²) in [4.78, 5) is 28.8. The highest BCUT2D eigenvalue weighted by Crippen LogP contribution is 2.27. The number of fused-ring (bicyclic) bond motifs is 1. The van der Waals surface area contributed by atoms with E-state index in [4.69, 9.17) is 5.73 Å². The first-order valence-corrected chi connectivity index (χ1v) is 8.11. The molecule has 3 N–H and O–H groups in total. The van der Waals surface area contributed by atoms with Crippen LogP contribution in [0.2, 0.25) is 0 Å². The van der Waals surface area contributed by atoms with Crippen molar-refractivity contribution in [2.45, 2.75) is 38.1 Å². The van der Waals surface area contributed by atoms with E-state index in [-0.39, 0.29) is 11.8 Å². The van der Waals surface area contributed by atoms with Gasteiger partial charge in [-0.3, -0.25) is 14.6 Å². The van der Waals surface area contributed by atoms with E-state index in [1.165, 1.54) is 6.42 Å². The van der Waals surface area contributed by atoms with Gasteiger partial charge in [-0.1, -0.05) is 37.5 Å². The molecule has 23 heavy (non-hydrogen) atoms. The number of nitrogens with zero attached hydrogens (tertiary/aromatic N) is 1. The third-order valence-electron chi connectivity index (χ3n) is 4.59. The highest BCUT2D eigenvalue weighted by atomic mass is 16.2. The van der Waals surface area contributed by atoms with Gasteiger partial charge in [0.2, 0.25) is 5.91 Å². The van der Waals surface area contributed by atoms with Gasteiger partial charge in [-0.25, -0.2) is 0 Å². The molecule has 0 unspecified atom stereocenters. The molecular formula is C18H21N3O2. The molecule has 1 saturated carbocycles. The van der Waals surface area contributed by atoms with Crippen molar-refractivity contribution in [2.75, 3.05) is 0 Å². The second-order valence-electron chi connectivity index (χ2n) is 6.13. The van der Waals surface area contributed by atoms with E-state index in [1.807, 2.05) is 24.3 Å². The first-order valence-electron chi connectivity index (χ1n) is 8.11. The fourth-order valence-corrected chi connectivity index (χ4v) is 3.40. The monoisotopic (exact) mass is 311 g/mol. The molecule has 0 saturated heterocycles. The Morgan fingerprint density at radius 3 is 2.61 bits per heavy atom. The van der Waals surface area contributed by atoms with Crippen molar-refractivity contribution in [1.29, 1.82) is 0 Å². The Kier molecular flexibility index (Phi) is 4.55. The van der Waals surface area contributed by atoms with Crippen LogP contribution in [-0.4, -0.2) is 22.8 Å². The first-order chi connectivity index (χ1) is 11.2. The van der Waals surface area contributed by atoms with Crippen LogP contribution in [0.3, 0.4) is 0 Å². The van der Waals surface area contributed by atoms with Gasteiger partial charge in [0, 0.05) is 11.6 Å². The first kappa shape index (κ1) is 15.5. The molecule has 0 radical (unpaired) electrons. The summed E-state index contributed by atoms with van der Waals surface area (Å²) in [7, 11) is 0. The standard InChI is InChI=1S/C18H21N3O2/c19-17(22)16(13-6-2-1-3-7-13)21-18(23)14-10-4-8-12-9-5-11-20-15(12)14/h4-5,8-11,13,16H,1-3,6-7H2,(H2,19,22)(H,21,23)/t16-/m1/s1. The molecule has 1 fully saturated rings. The van der Waals surface area contributed by atoms with E-state index >= 15 is 0 Å². The second kappa shape index (κ2) is 6.77. The molecule has 1 aliphatic carbocycles. The van der Waals surface area contributed by atoms with Gasteiger partial charge in [-0.05, 0) is 30.9 Å². The van der Waals surface area contributed by atoms with Gasteiger partial charge in [-0.2, -0.15) is 0 Å². The van der Waals surface area contributed by atoms with Gasteiger partial charge >= 0.3 is 0 Å². The maximum atomic E-state index is 12.7. The summed E-state index contributed by atoms with van der Waals surface area (Å²) >= 11 is 0. The topological polar surface area (TPSA) is 85.1 Å². The lowest BCUT2D eigenvalue weighted by atomic mass is 9.83. The predicted octanol–water partition coefficient (Wildman–Crippen LogP) is 2.40. The van der Waals surface area contributed by atoms with Gasteiger partial charge in [0.15, 0.2) is 0 Å². The zero-order valence-electron chi connectivity index (χ0n) is 13.0. The predicted molar refractivity (Wildman–Crippen MR) is 88.8 cm³/mol. The number of hydrogen-bond acceptors (Lipinski definition) is 3. The smallest absolute Gasteiger partial charge is 0.254 e. The Bertz CT molecular complexity index is 718. The molecule has 2 amide bonds. The molecule has 5 heteroatoms. The zero-order valence-corrected chi connectivity index (χ0v) is 13.0. The van der Waals surface area contributed by atoms with Crippen molar-refractivity contribution in [1.82, 2.24) is 10.3 Å². The minimum absolute atomic E-state index is 0.133. The lowest BCUT2D eigenvalue weighted by Gasteiger charge is -2.28. The van der Waals surface area contributed by atoms with E-state index < -0.39 is 11.9 Å². The molecule has 1 heterocycles. The highest BCUT2D eigenvalue weighted by molar-refractivity contribution is 6.06. The normalized spacial score (nSPS) is 16.9. The summed E-state index contributed by atoms with van der Waals surface area (Å²) in [5.74, 6) is -0.616. The van der Waals surface area contributed by atoms with Crippen molar-refractivity contribution in [3.8, 4) is 0 Å². The molecule has 1 atom stereocenters. The third-order valence-corrected chi connectivity index (χ3v) is 4.59. The highest BCUT2D eigenvalue weighted by Gasteiger charge is 2.30. The van der Waals surface area contributed by atoms with Crippen LogP contribution in [0.5, 0.6) is 0 Å². The van der Waals surface area contributed by atoms with E-state index in [2.05, 4.69) is 10.3 Å². The van der Waals surface area contributed by atoms with E-state index in [9.17, 15) is 9.59 Å². The van der Waals surface area contributed by atoms with Gasteiger partial charge in [0.25, 0.3) is 5.91 Å². The number of rotatable bonds is 4. The largest absolute Gasteiger partial charge is 0.368 e. The van der Waals surface area contributed by atoms with Crippen LogP contribution in [-0.2, 0) is 4.79 Å². The van der Waals surface area contributed by atoms with Crippen LogP contribution >= 0.6 is 0 Å². The number of carbonyl (C=O) groups excluding carboxylic acids is 2. The number of carbonyl (C=O) groups is 2. The molecule has 120 valence electrons. The van der Waals surface area contributed by atoms with Gasteiger partial charge in [0.1, 0.15) is 6.04 Å². The van der Waals surface area contributed by atoms with Crippen LogP contribution in [0.4, 0.5) is 0 Å². The molecule has 0 spiro atoms. The van der Waals surface area contributed by atoms with Crippen molar-refractivity contribution >= 4 is 22.7 Å². The maximum absolute atomic E-state index is 12.7. The summed E-state index contributed by atoms with van der Waals surface area (Å²) in [5, 5.41) is 3.74. The number of para-hydroxylation sites is 1. The average Bonchev–Trinajstić information content (AvgIpc) is 2.59. The lowest BCUT2D eigenvalue weighted by Crippen LogP contribution is -2.49. The molecule has 3 rings (SSSR count). The lowest BCUT2D eigenvalue weighted by molar-refractivity contribution is -0.121. The molecule has 0 aliphatic heterocycles. The fourth-order valence-electron chi connectivity index (χ4n) is 3.40. The summed E-state index contributed by atoms with van der Waals surface area (Å²) in [6.45, 7) is 0. The van der Waals surface area contributed by atoms with Gasteiger partial charge in [-0.15, -0.1) is 0 Å². The zero-order chi connectivity index (χ0) is 16.2. The van der Waals surface area contributed by atoms with Crippen LogP contribution in [0.1, 0.15) is 42.5 Å². The molecule has 0 bridgehead atoms. The average molecular weight is 311 g/mol. The van der Waals surface area contributed by atoms with Gasteiger partial charge in [0.05, 0.1) is 11.1 Å². The van der Waals surface area contributed by atoms with Crippen molar-refractivity contribution in [2.24, 2.45) is 11.7 Å². The Balaban J connectivity index is 1.84. The van der Waals surface area contributed by atoms with Crippen molar-refractivity contribution in [3.63, 3.8) is 0 Å². The number of benzene rings is 1. The van der Waals surface area contributed by atoms with Crippen LogP contribution < -0.4 is 11.1 Å². The Labute approximate surface area is 135 Å². The summed E-state index contributed by atoms with van der Waals surface area (Å²) < 4.78 is 0. The SMILES string of the molecule is NC(=O)[C@H](NC(=O)c1cccc2cccnc12)C1CCCCC1. The number of amides is 2. The van der Waals surface area contributed by atoms with Crippen molar-refractivity contribution < 1.29 is 9.59 Å². The van der Waals surface area contributed by atoms with Crippen LogP contribution in [0.25, 0.3) is 10.9 Å². The Morgan fingerprint density at radius 1 is 1.13 bits per heavy atom. The van der Waals surface area contributed by atoms with E-state index in [0.717, 1.165) is 31.1 Å². The minimum atomic E-state index is -0.609. The fraction of sp³-hybridized carbons (Fsp3) is 0.389. The van der Waals surface area contributed by atoms with Crippen molar-refractivity contribution in [3.05, 3.63) is 42.1 Å². The number of primary amides is 1. The number of hydrogen-bond donors (Lipinski definition) is 2. The summed E-state index contributed by atoms with van der Waals surface area (Å²) in [6.07, 6.45) is 6.87. The number of pyridine rings is 1. The van der Waals surface area contributed by atoms with Crippen LogP contribution in [0.15, 0.2) is 36.5 Å². The molecule has 5 nitrogen and oxygen atoms in total. The number of aromatic nitrogens is 1. The quantitative estimate of drug-likeness (QED) is 0.909. The van der Waals surface area contributed by atoms with E-state index in [0.29, 0.717) is 11.1 Å². The Morgan fingerprint density at radius 2 is 1.87 bits per heavy atom. The molecular weight excluding hydrogens is 290 g/mol. The van der Waals surface area contributed by atoms with Gasteiger partial charge < -0.3 is 11.1 Å². The molecule has 2 aromatic rings. The summed E-state index contributed by atoms with van der Waals surface area (Å²) in [5.41, 5.74) is 6.65. The third kappa shape index (κ3) is 3.33. The molecule has 1 aromatic carbocycles. The number of nitrogens with one attached hydrogen (secondary N) is 1. The molecule has 1 aliphatic rings. The summed E-state index contributed by atoms with van der Waals surface area (Å²) in [6, 6.07) is 8.58. The maximum Gasteiger partial charge on any atom is 0.254 e. The van der Waals surface area contributed by atoms with Crippen LogP contribution in [0, 0.1) is 5.92 Å². The number of nitrogens with two attached hydrogens (primary N) is 1. The Hall–Kier alpha value is -2.43.